The van der Waals surface area contributed by atoms with E-state index in [1.807, 2.05) is 0 Å². The molecule has 1 aliphatic heterocycles. The predicted molar refractivity (Wildman–Crippen MR) is 62.7 cm³/mol. The minimum Gasteiger partial charge on any atom is -0.376 e. The van der Waals surface area contributed by atoms with Gasteiger partial charge in [0.15, 0.2) is 0 Å². The second-order valence-corrected chi connectivity index (χ2v) is 4.41. The summed E-state index contributed by atoms with van der Waals surface area (Å²) in [6.45, 7) is 1.14. The average Bonchev–Trinajstić information content (AvgIpc) is 2.82. The number of hydrogen-bond acceptors (Lipinski definition) is 2. The normalized spacial score (nSPS) is 19.3. The van der Waals surface area contributed by atoms with Gasteiger partial charge in [-0.05, 0) is 31.0 Å². The molecule has 1 aromatic carbocycles. The van der Waals surface area contributed by atoms with Crippen molar-refractivity contribution in [2.24, 2.45) is 0 Å². The maximum absolute atomic E-state index is 13.4. The Hall–Kier alpha value is -1.13. The Morgan fingerprint density at radius 3 is 3.12 bits per heavy atom. The molecule has 1 aliphatic rings. The largest absolute Gasteiger partial charge is 0.376 e. The quantitative estimate of drug-likeness (QED) is 0.903. The molecule has 5 heteroatoms. The van der Waals surface area contributed by atoms with Crippen molar-refractivity contribution in [2.45, 2.75) is 18.9 Å². The van der Waals surface area contributed by atoms with Gasteiger partial charge in [-0.15, -0.1) is 0 Å². The molecule has 1 aromatic rings. The van der Waals surface area contributed by atoms with E-state index in [1.165, 1.54) is 18.2 Å². The first-order chi connectivity index (χ1) is 8.16. The van der Waals surface area contributed by atoms with E-state index < -0.39 is 11.7 Å². The topological polar surface area (TPSA) is 38.3 Å². The fourth-order valence-corrected chi connectivity index (χ4v) is 1.95. The molecule has 1 heterocycles. The molecule has 0 aliphatic carbocycles. The molecule has 2 rings (SSSR count). The van der Waals surface area contributed by atoms with Crippen LogP contribution in [0.15, 0.2) is 18.2 Å². The van der Waals surface area contributed by atoms with E-state index >= 15 is 0 Å². The number of amides is 1. The van der Waals surface area contributed by atoms with Crippen LogP contribution in [0.3, 0.4) is 0 Å². The highest BCUT2D eigenvalue weighted by molar-refractivity contribution is 6.30. The summed E-state index contributed by atoms with van der Waals surface area (Å²) in [5.41, 5.74) is -0.0319. The Balaban J connectivity index is 1.96. The lowest BCUT2D eigenvalue weighted by Crippen LogP contribution is -2.32. The maximum atomic E-state index is 13.4. The fourth-order valence-electron chi connectivity index (χ4n) is 1.78. The number of ether oxygens (including phenoxy) is 1. The molecule has 0 bridgehead atoms. The molecule has 1 atom stereocenters. The van der Waals surface area contributed by atoms with Crippen LogP contribution in [-0.2, 0) is 4.74 Å². The molecule has 92 valence electrons. The molecule has 1 fully saturated rings. The van der Waals surface area contributed by atoms with Gasteiger partial charge >= 0.3 is 0 Å². The Kier molecular flexibility index (Phi) is 3.97. The lowest BCUT2D eigenvalue weighted by molar-refractivity contribution is 0.0854. The Labute approximate surface area is 104 Å². The number of benzene rings is 1. The van der Waals surface area contributed by atoms with Crippen molar-refractivity contribution in [3.8, 4) is 0 Å². The van der Waals surface area contributed by atoms with Crippen LogP contribution in [0.1, 0.15) is 23.2 Å². The Morgan fingerprint density at radius 1 is 1.59 bits per heavy atom. The summed E-state index contributed by atoms with van der Waals surface area (Å²) in [6, 6.07) is 3.92. The maximum Gasteiger partial charge on any atom is 0.254 e. The molecule has 1 amide bonds. The van der Waals surface area contributed by atoms with Crippen molar-refractivity contribution in [1.82, 2.24) is 5.32 Å². The first-order valence-electron chi connectivity index (χ1n) is 5.51. The summed E-state index contributed by atoms with van der Waals surface area (Å²) in [5, 5.41) is 2.99. The van der Waals surface area contributed by atoms with E-state index in [9.17, 15) is 9.18 Å². The van der Waals surface area contributed by atoms with Gasteiger partial charge in [0.05, 0.1) is 11.7 Å². The van der Waals surface area contributed by atoms with Crippen LogP contribution in [-0.4, -0.2) is 25.2 Å². The van der Waals surface area contributed by atoms with Crippen LogP contribution in [0.25, 0.3) is 0 Å². The molecule has 3 nitrogen and oxygen atoms in total. The van der Waals surface area contributed by atoms with E-state index in [0.717, 1.165) is 19.4 Å². The van der Waals surface area contributed by atoms with Crippen LogP contribution in [0, 0.1) is 5.82 Å². The van der Waals surface area contributed by atoms with Crippen molar-refractivity contribution < 1.29 is 13.9 Å². The van der Waals surface area contributed by atoms with Crippen molar-refractivity contribution in [2.75, 3.05) is 13.2 Å². The summed E-state index contributed by atoms with van der Waals surface area (Å²) in [4.78, 5) is 11.7. The third-order valence-electron chi connectivity index (χ3n) is 2.69. The van der Waals surface area contributed by atoms with Crippen LogP contribution < -0.4 is 5.32 Å². The number of nitrogens with one attached hydrogen (secondary N) is 1. The summed E-state index contributed by atoms with van der Waals surface area (Å²) in [5.74, 6) is -1.03. The zero-order chi connectivity index (χ0) is 12.3. The number of carbonyl (C=O) groups excluding carboxylic acids is 1. The van der Waals surface area contributed by atoms with Crippen molar-refractivity contribution >= 4 is 17.5 Å². The first kappa shape index (κ1) is 12.3. The van der Waals surface area contributed by atoms with Gasteiger partial charge in [0.25, 0.3) is 5.91 Å². The molecular weight excluding hydrogens is 245 g/mol. The summed E-state index contributed by atoms with van der Waals surface area (Å²) >= 11 is 5.72. The third-order valence-corrected chi connectivity index (χ3v) is 2.92. The highest BCUT2D eigenvalue weighted by Crippen LogP contribution is 2.15. The number of carbonyl (C=O) groups is 1. The minimum absolute atomic E-state index is 0.0319. The van der Waals surface area contributed by atoms with Gasteiger partial charge in [0.1, 0.15) is 5.82 Å². The second-order valence-electron chi connectivity index (χ2n) is 3.97. The second kappa shape index (κ2) is 5.47. The standard InChI is InChI=1S/C12H13ClFNO2/c13-8-3-4-11(14)10(6-8)12(16)15-7-9-2-1-5-17-9/h3-4,6,9H,1-2,5,7H2,(H,15,16). The highest BCUT2D eigenvalue weighted by atomic mass is 35.5. The van der Waals surface area contributed by atoms with Gasteiger partial charge in [-0.3, -0.25) is 4.79 Å². The van der Waals surface area contributed by atoms with Gasteiger partial charge in [-0.2, -0.15) is 0 Å². The zero-order valence-corrected chi connectivity index (χ0v) is 9.97. The van der Waals surface area contributed by atoms with Crippen LogP contribution in [0.2, 0.25) is 5.02 Å². The first-order valence-corrected chi connectivity index (χ1v) is 5.89. The number of halogens is 2. The predicted octanol–water partition coefficient (Wildman–Crippen LogP) is 2.39. The Morgan fingerprint density at radius 2 is 2.41 bits per heavy atom. The molecule has 0 radical (unpaired) electrons. The average molecular weight is 258 g/mol. The highest BCUT2D eigenvalue weighted by Gasteiger charge is 2.18. The van der Waals surface area contributed by atoms with Gasteiger partial charge in [0, 0.05) is 18.2 Å². The van der Waals surface area contributed by atoms with E-state index in [0.29, 0.717) is 11.6 Å². The van der Waals surface area contributed by atoms with E-state index in [-0.39, 0.29) is 11.7 Å². The van der Waals surface area contributed by atoms with Crippen LogP contribution in [0.5, 0.6) is 0 Å². The van der Waals surface area contributed by atoms with E-state index in [1.54, 1.807) is 0 Å². The lowest BCUT2D eigenvalue weighted by Gasteiger charge is -2.11. The van der Waals surface area contributed by atoms with Crippen molar-refractivity contribution in [3.63, 3.8) is 0 Å². The van der Waals surface area contributed by atoms with Crippen molar-refractivity contribution in [3.05, 3.63) is 34.6 Å². The van der Waals surface area contributed by atoms with Gasteiger partial charge in [0.2, 0.25) is 0 Å². The van der Waals surface area contributed by atoms with Gasteiger partial charge in [-0.25, -0.2) is 4.39 Å². The summed E-state index contributed by atoms with van der Waals surface area (Å²) < 4.78 is 18.7. The lowest BCUT2D eigenvalue weighted by atomic mass is 10.2. The number of rotatable bonds is 3. The molecule has 0 saturated carbocycles. The summed E-state index contributed by atoms with van der Waals surface area (Å²) in [6.07, 6.45) is 1.98. The Bertz CT molecular complexity index is 419. The van der Waals surface area contributed by atoms with E-state index in [4.69, 9.17) is 16.3 Å². The minimum atomic E-state index is -0.570. The van der Waals surface area contributed by atoms with Gasteiger partial charge in [-0.1, -0.05) is 11.6 Å². The number of hydrogen-bond donors (Lipinski definition) is 1. The molecule has 1 unspecified atom stereocenters. The van der Waals surface area contributed by atoms with E-state index in [2.05, 4.69) is 5.32 Å². The summed E-state index contributed by atoms with van der Waals surface area (Å²) in [7, 11) is 0. The molecular formula is C12H13ClFNO2. The molecule has 1 saturated heterocycles. The fraction of sp³-hybridized carbons (Fsp3) is 0.417. The molecule has 1 N–H and O–H groups in total. The SMILES string of the molecule is O=C(NCC1CCCO1)c1cc(Cl)ccc1F. The smallest absolute Gasteiger partial charge is 0.254 e. The molecule has 0 aromatic heterocycles. The molecule has 0 spiro atoms. The van der Waals surface area contributed by atoms with Crippen molar-refractivity contribution in [1.29, 1.82) is 0 Å². The third kappa shape index (κ3) is 3.17. The van der Waals surface area contributed by atoms with Crippen LogP contribution >= 0.6 is 11.6 Å². The zero-order valence-electron chi connectivity index (χ0n) is 9.21. The van der Waals surface area contributed by atoms with Gasteiger partial charge < -0.3 is 10.1 Å². The van der Waals surface area contributed by atoms with Crippen LogP contribution in [0.4, 0.5) is 4.39 Å². The molecule has 17 heavy (non-hydrogen) atoms. The monoisotopic (exact) mass is 257 g/mol.